The number of benzene rings is 1. The fourth-order valence-electron chi connectivity index (χ4n) is 2.36. The highest BCUT2D eigenvalue weighted by Gasteiger charge is 2.21. The monoisotopic (exact) mass is 386 g/mol. The second kappa shape index (κ2) is 5.08. The lowest BCUT2D eigenvalue weighted by Gasteiger charge is -2.11. The standard InChI is InChI=1S/C14H12Br2OS/c15-9-4-5-11(16)10(7-9)14(17)13-6-8-2-1-3-12(8)18-13/h4-7,14,17H,1-3H2. The van der Waals surface area contributed by atoms with E-state index in [1.807, 2.05) is 18.2 Å². The van der Waals surface area contributed by atoms with E-state index in [-0.39, 0.29) is 0 Å². The van der Waals surface area contributed by atoms with Gasteiger partial charge in [-0.05, 0) is 49.1 Å². The van der Waals surface area contributed by atoms with Gasteiger partial charge in [0.2, 0.25) is 0 Å². The molecule has 0 fully saturated rings. The van der Waals surface area contributed by atoms with Crippen molar-refractivity contribution in [3.8, 4) is 0 Å². The third-order valence-corrected chi connectivity index (χ3v) is 5.79. The molecule has 2 aromatic rings. The van der Waals surface area contributed by atoms with E-state index in [1.165, 1.54) is 23.3 Å². The molecule has 4 heteroatoms. The highest BCUT2D eigenvalue weighted by molar-refractivity contribution is 9.11. The molecule has 1 aromatic heterocycles. The van der Waals surface area contributed by atoms with Crippen molar-refractivity contribution in [2.75, 3.05) is 0 Å². The van der Waals surface area contributed by atoms with Crippen LogP contribution in [-0.2, 0) is 12.8 Å². The van der Waals surface area contributed by atoms with Crippen molar-refractivity contribution in [3.05, 3.63) is 54.1 Å². The van der Waals surface area contributed by atoms with Gasteiger partial charge in [0.05, 0.1) is 0 Å². The summed E-state index contributed by atoms with van der Waals surface area (Å²) in [5, 5.41) is 10.5. The van der Waals surface area contributed by atoms with E-state index in [2.05, 4.69) is 37.9 Å². The van der Waals surface area contributed by atoms with E-state index in [1.54, 1.807) is 11.3 Å². The number of fused-ring (bicyclic) bond motifs is 1. The number of hydrogen-bond acceptors (Lipinski definition) is 2. The van der Waals surface area contributed by atoms with Crippen molar-refractivity contribution in [2.45, 2.75) is 25.4 Å². The van der Waals surface area contributed by atoms with Crippen molar-refractivity contribution < 1.29 is 5.11 Å². The summed E-state index contributed by atoms with van der Waals surface area (Å²) in [5.74, 6) is 0. The van der Waals surface area contributed by atoms with E-state index in [0.717, 1.165) is 25.8 Å². The number of aliphatic hydroxyl groups excluding tert-OH is 1. The van der Waals surface area contributed by atoms with Gasteiger partial charge in [-0.2, -0.15) is 0 Å². The van der Waals surface area contributed by atoms with E-state index in [4.69, 9.17) is 0 Å². The molecule has 0 amide bonds. The molecule has 0 bridgehead atoms. The maximum absolute atomic E-state index is 10.5. The lowest BCUT2D eigenvalue weighted by Crippen LogP contribution is -1.98. The van der Waals surface area contributed by atoms with Gasteiger partial charge in [-0.25, -0.2) is 0 Å². The summed E-state index contributed by atoms with van der Waals surface area (Å²) < 4.78 is 1.94. The van der Waals surface area contributed by atoms with Crippen LogP contribution in [0.25, 0.3) is 0 Å². The topological polar surface area (TPSA) is 20.2 Å². The van der Waals surface area contributed by atoms with Gasteiger partial charge in [0.25, 0.3) is 0 Å². The summed E-state index contributed by atoms with van der Waals surface area (Å²) in [7, 11) is 0. The number of aliphatic hydroxyl groups is 1. The first-order chi connectivity index (χ1) is 8.65. The normalized spacial score (nSPS) is 15.7. The van der Waals surface area contributed by atoms with E-state index in [9.17, 15) is 5.11 Å². The third-order valence-electron chi connectivity index (χ3n) is 3.29. The lowest BCUT2D eigenvalue weighted by atomic mass is 10.1. The number of rotatable bonds is 2. The molecule has 0 aliphatic heterocycles. The highest BCUT2D eigenvalue weighted by atomic mass is 79.9. The fraction of sp³-hybridized carbons (Fsp3) is 0.286. The predicted octanol–water partition coefficient (Wildman–Crippen LogP) is 4.84. The Morgan fingerprint density at radius 3 is 2.78 bits per heavy atom. The zero-order chi connectivity index (χ0) is 12.7. The zero-order valence-corrected chi connectivity index (χ0v) is 13.6. The van der Waals surface area contributed by atoms with Crippen LogP contribution in [0.1, 0.15) is 33.4 Å². The van der Waals surface area contributed by atoms with Crippen LogP contribution < -0.4 is 0 Å². The van der Waals surface area contributed by atoms with Crippen LogP contribution in [0.15, 0.2) is 33.2 Å². The average molecular weight is 388 g/mol. The van der Waals surface area contributed by atoms with E-state index >= 15 is 0 Å². The summed E-state index contributed by atoms with van der Waals surface area (Å²) in [6.07, 6.45) is 3.07. The largest absolute Gasteiger partial charge is 0.383 e. The van der Waals surface area contributed by atoms with Gasteiger partial charge in [0.1, 0.15) is 6.10 Å². The Hall–Kier alpha value is -0.160. The van der Waals surface area contributed by atoms with Crippen molar-refractivity contribution >= 4 is 43.2 Å². The maximum atomic E-state index is 10.5. The number of halogens is 2. The minimum atomic E-state index is -0.535. The molecule has 1 unspecified atom stereocenters. The first-order valence-electron chi connectivity index (χ1n) is 5.89. The van der Waals surface area contributed by atoms with Crippen LogP contribution in [-0.4, -0.2) is 5.11 Å². The molecule has 1 aliphatic carbocycles. The summed E-state index contributed by atoms with van der Waals surface area (Å²) in [5.41, 5.74) is 2.35. The molecule has 0 radical (unpaired) electrons. The molecule has 18 heavy (non-hydrogen) atoms. The number of thiophene rings is 1. The molecule has 1 heterocycles. The van der Waals surface area contributed by atoms with Crippen molar-refractivity contribution in [1.82, 2.24) is 0 Å². The molecule has 1 nitrogen and oxygen atoms in total. The molecule has 0 spiro atoms. The number of hydrogen-bond donors (Lipinski definition) is 1. The van der Waals surface area contributed by atoms with Crippen LogP contribution in [0.5, 0.6) is 0 Å². The molecule has 1 aliphatic rings. The average Bonchev–Trinajstić information content (AvgIpc) is 2.91. The van der Waals surface area contributed by atoms with Crippen LogP contribution in [0, 0.1) is 0 Å². The summed E-state index contributed by atoms with van der Waals surface area (Å²) >= 11 is 8.71. The third kappa shape index (κ3) is 2.31. The van der Waals surface area contributed by atoms with Crippen molar-refractivity contribution in [1.29, 1.82) is 0 Å². The Morgan fingerprint density at radius 2 is 2.00 bits per heavy atom. The van der Waals surface area contributed by atoms with Gasteiger partial charge >= 0.3 is 0 Å². The molecular weight excluding hydrogens is 376 g/mol. The van der Waals surface area contributed by atoms with Crippen LogP contribution >= 0.6 is 43.2 Å². The Bertz CT molecular complexity index is 570. The molecule has 1 atom stereocenters. The van der Waals surface area contributed by atoms with Crippen LogP contribution in [0.3, 0.4) is 0 Å². The summed E-state index contributed by atoms with van der Waals surface area (Å²) in [6, 6.07) is 8.07. The molecule has 1 aromatic carbocycles. The molecule has 0 saturated carbocycles. The van der Waals surface area contributed by atoms with Crippen molar-refractivity contribution in [2.24, 2.45) is 0 Å². The maximum Gasteiger partial charge on any atom is 0.114 e. The first kappa shape index (κ1) is 12.9. The molecule has 0 saturated heterocycles. The van der Waals surface area contributed by atoms with Gasteiger partial charge in [-0.3, -0.25) is 0 Å². The minimum Gasteiger partial charge on any atom is -0.383 e. The van der Waals surface area contributed by atoms with Crippen molar-refractivity contribution in [3.63, 3.8) is 0 Å². The second-order valence-electron chi connectivity index (χ2n) is 4.52. The van der Waals surface area contributed by atoms with E-state index < -0.39 is 6.10 Å². The van der Waals surface area contributed by atoms with Crippen LogP contribution in [0.4, 0.5) is 0 Å². The SMILES string of the molecule is OC(c1cc2c(s1)CCC2)c1cc(Br)ccc1Br. The van der Waals surface area contributed by atoms with Gasteiger partial charge in [0, 0.05) is 24.3 Å². The predicted molar refractivity (Wildman–Crippen MR) is 82.2 cm³/mol. The van der Waals surface area contributed by atoms with Crippen LogP contribution in [0.2, 0.25) is 0 Å². The first-order valence-corrected chi connectivity index (χ1v) is 8.30. The fourth-order valence-corrected chi connectivity index (χ4v) is 4.47. The minimum absolute atomic E-state index is 0.535. The van der Waals surface area contributed by atoms with Gasteiger partial charge in [0.15, 0.2) is 0 Å². The second-order valence-corrected chi connectivity index (χ2v) is 7.46. The summed E-state index contributed by atoms with van der Waals surface area (Å²) in [4.78, 5) is 2.51. The smallest absolute Gasteiger partial charge is 0.114 e. The van der Waals surface area contributed by atoms with Gasteiger partial charge in [-0.15, -0.1) is 11.3 Å². The zero-order valence-electron chi connectivity index (χ0n) is 9.62. The number of aryl methyl sites for hydroxylation is 2. The van der Waals surface area contributed by atoms with Gasteiger partial charge in [-0.1, -0.05) is 31.9 Å². The Labute approximate surface area is 127 Å². The highest BCUT2D eigenvalue weighted by Crippen LogP contribution is 2.38. The van der Waals surface area contributed by atoms with Gasteiger partial charge < -0.3 is 5.11 Å². The molecule has 94 valence electrons. The summed E-state index contributed by atoms with van der Waals surface area (Å²) in [6.45, 7) is 0. The quantitative estimate of drug-likeness (QED) is 0.781. The van der Waals surface area contributed by atoms with E-state index in [0.29, 0.717) is 0 Å². The molecule has 1 N–H and O–H groups in total. The Balaban J connectivity index is 1.98. The molecule has 3 rings (SSSR count). The Kier molecular flexibility index (Phi) is 3.63. The Morgan fingerprint density at radius 1 is 1.17 bits per heavy atom. The molecular formula is C14H12Br2OS. The lowest BCUT2D eigenvalue weighted by molar-refractivity contribution is 0.223.